The number of rotatable bonds is 13. The molecule has 0 radical (unpaired) electrons. The van der Waals surface area contributed by atoms with Crippen molar-refractivity contribution in [2.24, 2.45) is 0 Å². The van der Waals surface area contributed by atoms with Crippen LogP contribution in [0.2, 0.25) is 0 Å². The lowest BCUT2D eigenvalue weighted by Gasteiger charge is -2.48. The average molecular weight is 979 g/mol. The Morgan fingerprint density at radius 3 is 0.471 bits per heavy atom. The Labute approximate surface area is 422 Å². The Kier molecular flexibility index (Phi) is 12.2. The smallest absolute Gasteiger partial charge is 0.0933 e. The van der Waals surface area contributed by atoms with Crippen LogP contribution in [-0.2, 0) is 0 Å². The largest absolute Gasteiger partial charge is 0.154 e. The molecule has 326 valence electrons. The molecule has 0 atom stereocenters. The quantitative estimate of drug-likeness (QED) is 0.0828. The van der Waals surface area contributed by atoms with Gasteiger partial charge in [-0.25, -0.2) is 0 Å². The van der Waals surface area contributed by atoms with E-state index in [1.807, 2.05) is 70.6 Å². The molecule has 0 spiro atoms. The lowest BCUT2D eigenvalue weighted by Crippen LogP contribution is -2.39. The molecule has 0 bridgehead atoms. The van der Waals surface area contributed by atoms with Gasteiger partial charge in [0.25, 0.3) is 0 Å². The van der Waals surface area contributed by atoms with Crippen LogP contribution in [0.5, 0.6) is 0 Å². The average Bonchev–Trinajstić information content (AvgIpc) is 3.38. The first-order valence-corrected chi connectivity index (χ1v) is 27.5. The van der Waals surface area contributed by atoms with Crippen LogP contribution >= 0.6 is 70.6 Å². The molecule has 68 heavy (non-hydrogen) atoms. The van der Waals surface area contributed by atoms with Crippen molar-refractivity contribution in [3.63, 3.8) is 0 Å². The Bertz CT molecular complexity index is 3170. The van der Waals surface area contributed by atoms with E-state index in [4.69, 9.17) is 0 Å². The second-order valence-corrected chi connectivity index (χ2v) is 26.1. The number of thioether (sulfide) groups is 6. The van der Waals surface area contributed by atoms with Gasteiger partial charge in [0.15, 0.2) is 6.82 Å². The molecule has 0 nitrogen and oxygen atoms in total. The Morgan fingerprint density at radius 2 is 0.309 bits per heavy atom. The lowest BCUT2D eigenvalue weighted by atomic mass is 10.1. The minimum Gasteiger partial charge on any atom is -0.0933 e. The molecule has 0 aliphatic carbocycles. The zero-order valence-corrected chi connectivity index (χ0v) is 41.6. The van der Waals surface area contributed by atoms with Crippen molar-refractivity contribution in [3.05, 3.63) is 255 Å². The Hall–Kier alpha value is -5.70. The number of benzene rings is 12. The second-order valence-electron chi connectivity index (χ2n) is 16.8. The third-order valence-corrected chi connectivity index (χ3v) is 22.8. The van der Waals surface area contributed by atoms with E-state index < -0.39 is 6.82 Å². The fourth-order valence-corrected chi connectivity index (χ4v) is 20.1. The molecule has 0 saturated carbocycles. The summed E-state index contributed by atoms with van der Waals surface area (Å²) in [5.74, 6) is 0. The van der Waals surface area contributed by atoms with E-state index in [0.29, 0.717) is 0 Å². The predicted molar refractivity (Wildman–Crippen MR) is 304 cm³/mol. The van der Waals surface area contributed by atoms with Gasteiger partial charge in [0.2, 0.25) is 0 Å². The molecule has 0 amide bonds. The Balaban J connectivity index is 1.17. The highest BCUT2D eigenvalue weighted by Gasteiger charge is 2.57. The van der Waals surface area contributed by atoms with Crippen LogP contribution in [-0.4, -0.2) is 6.82 Å². The first-order valence-electron chi connectivity index (χ1n) is 22.6. The molecule has 6 heteroatoms. The van der Waals surface area contributed by atoms with E-state index in [-0.39, 0.29) is 0 Å². The molecule has 0 aliphatic rings. The van der Waals surface area contributed by atoms with Crippen LogP contribution in [0.4, 0.5) is 0 Å². The van der Waals surface area contributed by atoms with E-state index in [1.165, 1.54) is 94.0 Å². The van der Waals surface area contributed by atoms with E-state index in [2.05, 4.69) is 255 Å². The van der Waals surface area contributed by atoms with Crippen molar-refractivity contribution in [2.75, 3.05) is 0 Å². The summed E-state index contributed by atoms with van der Waals surface area (Å²) in [7, 11) is 0. The molecule has 0 aromatic heterocycles. The standard InChI is InChI=1S/C62H42S6/c1-7-19-49-37-55(31-25-43(49)13-1)63-61(64-56-32-26-44-14-2-8-20-50(44)38-56,65-57-33-27-45-15-3-9-21-51(45)39-57)62(66-58-34-28-46-16-4-10-22-52(46)40-58,67-59-35-29-47-17-5-11-23-53(47)41-59)68-60-36-30-48-18-6-12-24-54(48)42-60/h1-42H. The maximum absolute atomic E-state index is 2.41. The summed E-state index contributed by atoms with van der Waals surface area (Å²) >= 11 is 11.9. The topological polar surface area (TPSA) is 0 Å². The molecule has 12 aromatic carbocycles. The van der Waals surface area contributed by atoms with Crippen LogP contribution in [0.3, 0.4) is 0 Å². The summed E-state index contributed by atoms with van der Waals surface area (Å²) < 4.78 is -1.38. The highest BCUT2D eigenvalue weighted by atomic mass is 32.3. The van der Waals surface area contributed by atoms with E-state index in [0.717, 1.165) is 0 Å². The third-order valence-electron chi connectivity index (χ3n) is 12.2. The highest BCUT2D eigenvalue weighted by molar-refractivity contribution is 8.42. The third kappa shape index (κ3) is 9.02. The molecule has 0 N–H and O–H groups in total. The maximum atomic E-state index is 2.41. The van der Waals surface area contributed by atoms with Crippen molar-refractivity contribution in [1.29, 1.82) is 0 Å². The van der Waals surface area contributed by atoms with Crippen molar-refractivity contribution in [3.8, 4) is 0 Å². The van der Waals surface area contributed by atoms with Gasteiger partial charge < -0.3 is 0 Å². The van der Waals surface area contributed by atoms with Crippen molar-refractivity contribution < 1.29 is 0 Å². The summed E-state index contributed by atoms with van der Waals surface area (Å²) in [6.45, 7) is 0. The fraction of sp³-hybridized carbons (Fsp3) is 0.0323. The van der Waals surface area contributed by atoms with Gasteiger partial charge in [-0.2, -0.15) is 0 Å². The van der Waals surface area contributed by atoms with Gasteiger partial charge in [-0.3, -0.25) is 0 Å². The fourth-order valence-electron chi connectivity index (χ4n) is 8.82. The molecular weight excluding hydrogens is 937 g/mol. The molecule has 0 unspecified atom stereocenters. The van der Waals surface area contributed by atoms with Gasteiger partial charge in [-0.15, -0.1) is 0 Å². The van der Waals surface area contributed by atoms with Gasteiger partial charge in [-0.05, 0) is 137 Å². The summed E-state index contributed by atoms with van der Waals surface area (Å²) in [6.07, 6.45) is 0. The number of hydrogen-bond acceptors (Lipinski definition) is 6. The molecule has 0 aliphatic heterocycles. The molecule has 12 rings (SSSR count). The van der Waals surface area contributed by atoms with Crippen molar-refractivity contribution in [1.82, 2.24) is 0 Å². The first-order chi connectivity index (χ1) is 33.5. The van der Waals surface area contributed by atoms with E-state index in [9.17, 15) is 0 Å². The van der Waals surface area contributed by atoms with Gasteiger partial charge >= 0.3 is 0 Å². The van der Waals surface area contributed by atoms with Gasteiger partial charge in [0, 0.05) is 29.4 Å². The van der Waals surface area contributed by atoms with Crippen molar-refractivity contribution in [2.45, 2.75) is 36.2 Å². The van der Waals surface area contributed by atoms with Crippen LogP contribution in [0.25, 0.3) is 64.6 Å². The van der Waals surface area contributed by atoms with Crippen LogP contribution in [0, 0.1) is 0 Å². The second kappa shape index (κ2) is 19.0. The first kappa shape index (κ1) is 43.6. The summed E-state index contributed by atoms with van der Waals surface area (Å²) in [5.41, 5.74) is 0. The summed E-state index contributed by atoms with van der Waals surface area (Å²) in [5, 5.41) is 14.8. The highest BCUT2D eigenvalue weighted by Crippen LogP contribution is 2.74. The molecule has 12 aromatic rings. The molecular formula is C62H42S6. The Morgan fingerprint density at radius 1 is 0.162 bits per heavy atom. The van der Waals surface area contributed by atoms with Gasteiger partial charge in [0.1, 0.15) is 0 Å². The summed E-state index contributed by atoms with van der Waals surface area (Å²) in [4.78, 5) is 7.29. The zero-order chi connectivity index (χ0) is 45.3. The minimum atomic E-state index is -0.691. The number of fused-ring (bicyclic) bond motifs is 6. The molecule has 0 saturated heterocycles. The SMILES string of the molecule is c1ccc2cc(SC(Sc3ccc4ccccc4c3)(Sc3ccc4ccccc4c3)C(Sc3ccc4ccccc4c3)(Sc3ccc4ccccc4c3)Sc3ccc4ccccc4c3)ccc2c1. The monoisotopic (exact) mass is 978 g/mol. The van der Waals surface area contributed by atoms with Crippen molar-refractivity contribution >= 4 is 135 Å². The van der Waals surface area contributed by atoms with Crippen LogP contribution in [0.1, 0.15) is 0 Å². The minimum absolute atomic E-state index is 0.691. The van der Waals surface area contributed by atoms with E-state index >= 15 is 0 Å². The van der Waals surface area contributed by atoms with Crippen LogP contribution < -0.4 is 0 Å². The maximum Gasteiger partial charge on any atom is 0.154 e. The number of hydrogen-bond donors (Lipinski definition) is 0. The predicted octanol–water partition coefficient (Wildman–Crippen LogP) is 20.0. The normalized spacial score (nSPS) is 12.2. The van der Waals surface area contributed by atoms with E-state index in [1.54, 1.807) is 0 Å². The zero-order valence-electron chi connectivity index (χ0n) is 36.7. The molecule has 0 heterocycles. The summed E-state index contributed by atoms with van der Waals surface area (Å²) in [6, 6.07) is 94.8. The van der Waals surface area contributed by atoms with Crippen LogP contribution in [0.15, 0.2) is 284 Å². The molecule has 0 fully saturated rings. The lowest BCUT2D eigenvalue weighted by molar-refractivity contribution is 1.15. The van der Waals surface area contributed by atoms with Gasteiger partial charge in [-0.1, -0.05) is 253 Å². The van der Waals surface area contributed by atoms with Gasteiger partial charge in [0.05, 0.1) is 0 Å².